The molecule has 0 spiro atoms. The molecule has 0 N–H and O–H groups in total. The van der Waals surface area contributed by atoms with Gasteiger partial charge in [-0.25, -0.2) is 9.13 Å². The molecule has 0 amide bonds. The van der Waals surface area contributed by atoms with Gasteiger partial charge in [-0.2, -0.15) is 0 Å². The average molecular weight is 313 g/mol. The van der Waals surface area contributed by atoms with E-state index in [0.29, 0.717) is 10.9 Å². The summed E-state index contributed by atoms with van der Waals surface area (Å²) in [5.74, 6) is 1.35. The third-order valence-corrected chi connectivity index (χ3v) is 2.90. The second-order valence-electron chi connectivity index (χ2n) is 3.36. The Labute approximate surface area is 101 Å². The number of hydrogen-bond acceptors (Lipinski definition) is 0. The number of nitrogens with zero attached hydrogens (tertiary/aromatic N) is 2. The minimum absolute atomic E-state index is 0. The Bertz CT molecular complexity index is 235. The van der Waals surface area contributed by atoms with Crippen LogP contribution >= 0.6 is 0 Å². The molecule has 1 aromatic heterocycles. The van der Waals surface area contributed by atoms with Gasteiger partial charge in [-0.15, -0.1) is 0 Å². The van der Waals surface area contributed by atoms with Crippen molar-refractivity contribution in [2.24, 2.45) is 7.05 Å². The van der Waals surface area contributed by atoms with Gasteiger partial charge >= 0.3 is 0 Å². The van der Waals surface area contributed by atoms with E-state index in [1.54, 1.807) is 0 Å². The van der Waals surface area contributed by atoms with Gasteiger partial charge < -0.3 is 24.0 Å². The fourth-order valence-electron chi connectivity index (χ4n) is 1.17. The molecule has 76 valence electrons. The van der Waals surface area contributed by atoms with E-state index in [9.17, 15) is 0 Å². The molecular formula is C9H18IN2S+. The second-order valence-corrected chi connectivity index (χ2v) is 5.74. The maximum absolute atomic E-state index is 2.30. The van der Waals surface area contributed by atoms with Gasteiger partial charge in [-0.3, -0.25) is 0 Å². The van der Waals surface area contributed by atoms with Crippen molar-refractivity contribution in [3.63, 3.8) is 0 Å². The van der Waals surface area contributed by atoms with Gasteiger partial charge in [-0.1, -0.05) is 0 Å². The summed E-state index contributed by atoms with van der Waals surface area (Å²) in [5.41, 5.74) is 0. The van der Waals surface area contributed by atoms with Crippen LogP contribution in [0.4, 0.5) is 0 Å². The summed E-state index contributed by atoms with van der Waals surface area (Å²) < 4.78 is 4.32. The molecule has 0 aromatic carbocycles. The topological polar surface area (TPSA) is 8.81 Å². The van der Waals surface area contributed by atoms with Gasteiger partial charge in [0, 0.05) is 6.42 Å². The van der Waals surface area contributed by atoms with Crippen LogP contribution in [0.15, 0.2) is 18.7 Å². The molecule has 0 unspecified atom stereocenters. The molecule has 0 saturated carbocycles. The molecule has 1 heterocycles. The van der Waals surface area contributed by atoms with Gasteiger partial charge in [0.1, 0.15) is 18.1 Å². The van der Waals surface area contributed by atoms with Crippen LogP contribution in [0.1, 0.15) is 6.42 Å². The van der Waals surface area contributed by atoms with Crippen molar-refractivity contribution >= 4 is 10.9 Å². The number of rotatable bonds is 4. The monoisotopic (exact) mass is 313 g/mol. The molecule has 0 bridgehead atoms. The fourth-order valence-corrected chi connectivity index (χ4v) is 1.88. The van der Waals surface area contributed by atoms with Crippen molar-refractivity contribution in [3.05, 3.63) is 18.7 Å². The van der Waals surface area contributed by atoms with E-state index >= 15 is 0 Å². The van der Waals surface area contributed by atoms with E-state index in [4.69, 9.17) is 0 Å². The van der Waals surface area contributed by atoms with E-state index in [-0.39, 0.29) is 24.0 Å². The molecule has 2 nitrogen and oxygen atoms in total. The summed E-state index contributed by atoms with van der Waals surface area (Å²) >= 11 is 0. The first-order chi connectivity index (χ1) is 5.68. The maximum atomic E-state index is 2.30. The highest BCUT2D eigenvalue weighted by molar-refractivity contribution is 7.95. The van der Waals surface area contributed by atoms with Crippen molar-refractivity contribution in [1.82, 2.24) is 4.57 Å². The van der Waals surface area contributed by atoms with E-state index in [1.807, 2.05) is 0 Å². The summed E-state index contributed by atoms with van der Waals surface area (Å²) in [6.07, 6.45) is 12.2. The van der Waals surface area contributed by atoms with Gasteiger partial charge in [0.05, 0.1) is 26.1 Å². The smallest absolute Gasteiger partial charge is 0.243 e. The first-order valence-corrected chi connectivity index (χ1v) is 6.45. The molecule has 1 aromatic rings. The van der Waals surface area contributed by atoms with Gasteiger partial charge in [-0.05, 0) is 10.9 Å². The Hall–Kier alpha value is 0.290. The standard InChI is InChI=1S/C9H18N2S.HI/c1-10-6-7-11(9-10)5-4-8-12(2)3;/h6-7,9H,4-5,8H2,1-3H3;1H/q+2;/p-1. The zero-order valence-corrected chi connectivity index (χ0v) is 11.5. The third kappa shape index (κ3) is 5.57. The SMILES string of the molecule is C[n+]1ccn(CCC[S+](C)C)c1.[I-]. The third-order valence-electron chi connectivity index (χ3n) is 1.79. The lowest BCUT2D eigenvalue weighted by molar-refractivity contribution is -0.671. The largest absolute Gasteiger partial charge is 1.00 e. The highest BCUT2D eigenvalue weighted by Gasteiger charge is 2.04. The molecule has 0 radical (unpaired) electrons. The quantitative estimate of drug-likeness (QED) is 0.333. The zero-order chi connectivity index (χ0) is 8.97. The summed E-state index contributed by atoms with van der Waals surface area (Å²) in [6, 6.07) is 0. The molecule has 0 fully saturated rings. The molecule has 1 rings (SSSR count). The fraction of sp³-hybridized carbons (Fsp3) is 0.667. The van der Waals surface area contributed by atoms with Crippen LogP contribution < -0.4 is 28.5 Å². The first kappa shape index (κ1) is 13.3. The number of aromatic nitrogens is 2. The molecule has 0 atom stereocenters. The van der Waals surface area contributed by atoms with E-state index in [0.717, 1.165) is 6.54 Å². The lowest BCUT2D eigenvalue weighted by atomic mass is 10.5. The molecule has 0 aliphatic carbocycles. The van der Waals surface area contributed by atoms with Crippen molar-refractivity contribution in [3.8, 4) is 0 Å². The van der Waals surface area contributed by atoms with Crippen LogP contribution in [0.2, 0.25) is 0 Å². The predicted molar refractivity (Wildman–Crippen MR) is 54.3 cm³/mol. The lowest BCUT2D eigenvalue weighted by Gasteiger charge is -1.95. The Morgan fingerprint density at radius 3 is 2.54 bits per heavy atom. The van der Waals surface area contributed by atoms with Gasteiger partial charge in [0.25, 0.3) is 0 Å². The molecule has 13 heavy (non-hydrogen) atoms. The normalized spacial score (nSPS) is 10.2. The Morgan fingerprint density at radius 1 is 1.38 bits per heavy atom. The number of imidazole rings is 1. The molecule has 0 saturated heterocycles. The van der Waals surface area contributed by atoms with Crippen molar-refractivity contribution in [2.45, 2.75) is 13.0 Å². The average Bonchev–Trinajstić information content (AvgIpc) is 2.35. The number of halogens is 1. The number of aryl methyl sites for hydroxylation is 2. The summed E-state index contributed by atoms with van der Waals surface area (Å²) in [5, 5.41) is 0. The van der Waals surface area contributed by atoms with Crippen LogP contribution in [-0.4, -0.2) is 22.8 Å². The molecule has 4 heteroatoms. The van der Waals surface area contributed by atoms with Crippen LogP contribution in [0.5, 0.6) is 0 Å². The van der Waals surface area contributed by atoms with Crippen LogP contribution in [-0.2, 0) is 24.5 Å². The Balaban J connectivity index is 0.00000144. The highest BCUT2D eigenvalue weighted by atomic mass is 127. The summed E-state index contributed by atoms with van der Waals surface area (Å²) in [6.45, 7) is 1.16. The minimum atomic E-state index is 0. The summed E-state index contributed by atoms with van der Waals surface area (Å²) in [4.78, 5) is 0. The van der Waals surface area contributed by atoms with Crippen LogP contribution in [0.3, 0.4) is 0 Å². The van der Waals surface area contributed by atoms with Crippen LogP contribution in [0.25, 0.3) is 0 Å². The van der Waals surface area contributed by atoms with Crippen molar-refractivity contribution < 1.29 is 28.5 Å². The summed E-state index contributed by atoms with van der Waals surface area (Å²) in [7, 11) is 2.65. The van der Waals surface area contributed by atoms with E-state index in [1.165, 1.54) is 12.2 Å². The molecule has 0 aliphatic rings. The second kappa shape index (κ2) is 6.70. The zero-order valence-electron chi connectivity index (χ0n) is 8.53. The Morgan fingerprint density at radius 2 is 2.08 bits per heavy atom. The Kier molecular flexibility index (Phi) is 6.85. The van der Waals surface area contributed by atoms with Crippen molar-refractivity contribution in [2.75, 3.05) is 18.3 Å². The molecular weight excluding hydrogens is 295 g/mol. The predicted octanol–water partition coefficient (Wildman–Crippen LogP) is -2.42. The lowest BCUT2D eigenvalue weighted by Crippen LogP contribution is -3.00. The first-order valence-electron chi connectivity index (χ1n) is 4.23. The van der Waals surface area contributed by atoms with Gasteiger partial charge in [0.15, 0.2) is 0 Å². The van der Waals surface area contributed by atoms with E-state index < -0.39 is 0 Å². The highest BCUT2D eigenvalue weighted by Crippen LogP contribution is 1.93. The number of hydrogen-bond donors (Lipinski definition) is 0. The molecule has 0 aliphatic heterocycles. The van der Waals surface area contributed by atoms with E-state index in [2.05, 4.69) is 47.4 Å². The minimum Gasteiger partial charge on any atom is -1.00 e. The van der Waals surface area contributed by atoms with Crippen LogP contribution in [0, 0.1) is 0 Å². The van der Waals surface area contributed by atoms with Gasteiger partial charge in [0.2, 0.25) is 6.33 Å². The maximum Gasteiger partial charge on any atom is 0.243 e. The van der Waals surface area contributed by atoms with Crippen molar-refractivity contribution in [1.29, 1.82) is 0 Å².